The first-order chi connectivity index (χ1) is 7.33. The maximum Gasteiger partial charge on any atom is 0.175 e. The van der Waals surface area contributed by atoms with E-state index in [4.69, 9.17) is 5.73 Å². The molecule has 2 rings (SSSR count). The third kappa shape index (κ3) is 2.04. The quantitative estimate of drug-likeness (QED) is 0.911. The largest absolute Gasteiger partial charge is 0.321 e. The molecule has 1 aliphatic carbocycles. The number of hydrogen-bond acceptors (Lipinski definition) is 3. The van der Waals surface area contributed by atoms with Gasteiger partial charge >= 0.3 is 0 Å². The minimum Gasteiger partial charge on any atom is -0.321 e. The highest BCUT2D eigenvalue weighted by molar-refractivity contribution is 9.10. The van der Waals surface area contributed by atoms with E-state index in [-0.39, 0.29) is 0 Å². The molecule has 0 aliphatic heterocycles. The van der Waals surface area contributed by atoms with Crippen LogP contribution in [0.5, 0.6) is 0 Å². The molecule has 3 nitrogen and oxygen atoms in total. The van der Waals surface area contributed by atoms with Crippen LogP contribution in [0.2, 0.25) is 0 Å². The highest BCUT2D eigenvalue weighted by Gasteiger charge is 2.37. The van der Waals surface area contributed by atoms with E-state index in [0.29, 0.717) is 4.90 Å². The van der Waals surface area contributed by atoms with Gasteiger partial charge in [0.25, 0.3) is 0 Å². The van der Waals surface area contributed by atoms with E-state index in [1.165, 1.54) is 6.26 Å². The summed E-state index contributed by atoms with van der Waals surface area (Å²) in [6.45, 7) is 0. The van der Waals surface area contributed by atoms with E-state index in [1.54, 1.807) is 12.1 Å². The molecule has 1 fully saturated rings. The molecule has 0 aromatic heterocycles. The average Bonchev–Trinajstić information content (AvgIpc) is 2.12. The minimum absolute atomic E-state index is 0.359. The van der Waals surface area contributed by atoms with Crippen LogP contribution in [-0.2, 0) is 15.4 Å². The minimum atomic E-state index is -3.21. The van der Waals surface area contributed by atoms with Gasteiger partial charge in [-0.25, -0.2) is 8.42 Å². The van der Waals surface area contributed by atoms with Crippen LogP contribution in [0.1, 0.15) is 24.8 Å². The highest BCUT2D eigenvalue weighted by Crippen LogP contribution is 2.42. The van der Waals surface area contributed by atoms with Crippen LogP contribution in [0.25, 0.3) is 0 Å². The molecule has 0 radical (unpaired) electrons. The third-order valence-corrected chi connectivity index (χ3v) is 4.77. The zero-order valence-electron chi connectivity index (χ0n) is 9.03. The summed E-state index contributed by atoms with van der Waals surface area (Å²) in [5.41, 5.74) is 6.50. The van der Waals surface area contributed by atoms with Gasteiger partial charge in [0.1, 0.15) is 0 Å². The summed E-state index contributed by atoms with van der Waals surface area (Å²) >= 11 is 3.36. The number of nitrogens with two attached hydrogens (primary N) is 1. The van der Waals surface area contributed by atoms with Crippen molar-refractivity contribution in [1.82, 2.24) is 0 Å². The van der Waals surface area contributed by atoms with E-state index in [0.717, 1.165) is 29.3 Å². The first kappa shape index (κ1) is 12.1. The van der Waals surface area contributed by atoms with E-state index in [1.807, 2.05) is 6.07 Å². The molecule has 0 spiro atoms. The second kappa shape index (κ2) is 3.82. The molecule has 0 bridgehead atoms. The van der Waals surface area contributed by atoms with Crippen LogP contribution in [0.15, 0.2) is 27.6 Å². The monoisotopic (exact) mass is 303 g/mol. The Morgan fingerprint density at radius 1 is 1.38 bits per heavy atom. The van der Waals surface area contributed by atoms with Crippen molar-refractivity contribution in [3.05, 3.63) is 28.2 Å². The molecule has 1 aromatic rings. The zero-order valence-corrected chi connectivity index (χ0v) is 11.4. The normalized spacial score (nSPS) is 19.2. The Morgan fingerprint density at radius 3 is 2.44 bits per heavy atom. The fourth-order valence-corrected chi connectivity index (χ4v) is 3.38. The fourth-order valence-electron chi connectivity index (χ4n) is 2.04. The molecule has 1 aliphatic rings. The zero-order chi connectivity index (χ0) is 12.0. The fraction of sp³-hybridized carbons (Fsp3) is 0.455. The Kier molecular flexibility index (Phi) is 2.88. The molecule has 0 heterocycles. The molecule has 0 saturated heterocycles. The highest BCUT2D eigenvalue weighted by atomic mass is 79.9. The van der Waals surface area contributed by atoms with Crippen molar-refractivity contribution in [1.29, 1.82) is 0 Å². The first-order valence-electron chi connectivity index (χ1n) is 5.12. The van der Waals surface area contributed by atoms with Gasteiger partial charge in [0.05, 0.1) is 4.90 Å². The first-order valence-corrected chi connectivity index (χ1v) is 7.80. The smallest absolute Gasteiger partial charge is 0.175 e. The molecular weight excluding hydrogens is 290 g/mol. The van der Waals surface area contributed by atoms with E-state index >= 15 is 0 Å². The Bertz CT molecular complexity index is 521. The van der Waals surface area contributed by atoms with Crippen LogP contribution >= 0.6 is 15.9 Å². The lowest BCUT2D eigenvalue weighted by Crippen LogP contribution is -2.44. The van der Waals surface area contributed by atoms with Gasteiger partial charge < -0.3 is 5.73 Å². The predicted octanol–water partition coefficient (Wildman–Crippen LogP) is 2.19. The molecular formula is C11H14BrNO2S. The second-order valence-electron chi connectivity index (χ2n) is 4.42. The molecule has 1 aromatic carbocycles. The summed E-state index contributed by atoms with van der Waals surface area (Å²) in [5, 5.41) is 0. The van der Waals surface area contributed by atoms with Crippen molar-refractivity contribution in [2.24, 2.45) is 5.73 Å². The molecule has 0 atom stereocenters. The lowest BCUT2D eigenvalue weighted by Gasteiger charge is -2.39. The van der Waals surface area contributed by atoms with Crippen molar-refractivity contribution in [3.8, 4) is 0 Å². The van der Waals surface area contributed by atoms with Gasteiger partial charge in [0, 0.05) is 16.3 Å². The molecule has 88 valence electrons. The third-order valence-electron chi connectivity index (χ3n) is 3.12. The summed E-state index contributed by atoms with van der Waals surface area (Å²) in [4.78, 5) is 0.359. The lowest BCUT2D eigenvalue weighted by atomic mass is 9.73. The van der Waals surface area contributed by atoms with Crippen LogP contribution in [-0.4, -0.2) is 14.7 Å². The number of rotatable bonds is 2. The van der Waals surface area contributed by atoms with Gasteiger partial charge in [-0.3, -0.25) is 0 Å². The van der Waals surface area contributed by atoms with Crippen LogP contribution in [0.4, 0.5) is 0 Å². The SMILES string of the molecule is CS(=O)(=O)c1ccc(Br)cc1C1(N)CCC1. The predicted molar refractivity (Wildman–Crippen MR) is 67.0 cm³/mol. The van der Waals surface area contributed by atoms with Gasteiger partial charge in [-0.15, -0.1) is 0 Å². The molecule has 0 amide bonds. The van der Waals surface area contributed by atoms with Crippen molar-refractivity contribution in [3.63, 3.8) is 0 Å². The van der Waals surface area contributed by atoms with E-state index in [2.05, 4.69) is 15.9 Å². The van der Waals surface area contributed by atoms with Crippen LogP contribution in [0, 0.1) is 0 Å². The van der Waals surface area contributed by atoms with Crippen molar-refractivity contribution >= 4 is 25.8 Å². The molecule has 2 N–H and O–H groups in total. The van der Waals surface area contributed by atoms with Gasteiger partial charge in [0.2, 0.25) is 0 Å². The Labute approximate surface area is 104 Å². The van der Waals surface area contributed by atoms with Crippen molar-refractivity contribution in [2.45, 2.75) is 29.7 Å². The summed E-state index contributed by atoms with van der Waals surface area (Å²) in [6.07, 6.45) is 3.99. The van der Waals surface area contributed by atoms with E-state index < -0.39 is 15.4 Å². The van der Waals surface area contributed by atoms with Gasteiger partial charge in [-0.05, 0) is 43.0 Å². The van der Waals surface area contributed by atoms with Crippen LogP contribution < -0.4 is 5.73 Å². The van der Waals surface area contributed by atoms with Gasteiger partial charge in [-0.1, -0.05) is 15.9 Å². The second-order valence-corrected chi connectivity index (χ2v) is 7.32. The van der Waals surface area contributed by atoms with Crippen LogP contribution in [0.3, 0.4) is 0 Å². The molecule has 16 heavy (non-hydrogen) atoms. The Morgan fingerprint density at radius 2 is 2.00 bits per heavy atom. The lowest BCUT2D eigenvalue weighted by molar-refractivity contribution is 0.248. The molecule has 1 saturated carbocycles. The topological polar surface area (TPSA) is 60.2 Å². The molecule has 0 unspecified atom stereocenters. The number of halogens is 1. The summed E-state index contributed by atoms with van der Waals surface area (Å²) in [5.74, 6) is 0. The van der Waals surface area contributed by atoms with Crippen molar-refractivity contribution in [2.75, 3.05) is 6.26 Å². The standard InChI is InChI=1S/C11H14BrNO2S/c1-16(14,15)10-4-3-8(12)7-9(10)11(13)5-2-6-11/h3-4,7H,2,5-6,13H2,1H3. The van der Waals surface area contributed by atoms with Crippen molar-refractivity contribution < 1.29 is 8.42 Å². The Balaban J connectivity index is 2.62. The van der Waals surface area contributed by atoms with Gasteiger partial charge in [0.15, 0.2) is 9.84 Å². The van der Waals surface area contributed by atoms with E-state index in [9.17, 15) is 8.42 Å². The number of hydrogen-bond donors (Lipinski definition) is 1. The number of sulfone groups is 1. The maximum atomic E-state index is 11.7. The van der Waals surface area contributed by atoms with Gasteiger partial charge in [-0.2, -0.15) is 0 Å². The summed E-state index contributed by atoms with van der Waals surface area (Å²) in [6, 6.07) is 5.19. The molecule has 5 heteroatoms. The average molecular weight is 304 g/mol. The summed E-state index contributed by atoms with van der Waals surface area (Å²) in [7, 11) is -3.21. The number of benzene rings is 1. The summed E-state index contributed by atoms with van der Waals surface area (Å²) < 4.78 is 24.2. The Hall–Kier alpha value is -0.390. The maximum absolute atomic E-state index is 11.7.